The zero-order valence-corrected chi connectivity index (χ0v) is 12.6. The van der Waals surface area contributed by atoms with Crippen molar-refractivity contribution in [2.24, 2.45) is 0 Å². The number of benzene rings is 1. The second-order valence-electron chi connectivity index (χ2n) is 5.64. The molecule has 1 amide bonds. The van der Waals surface area contributed by atoms with Crippen molar-refractivity contribution in [3.8, 4) is 0 Å². The van der Waals surface area contributed by atoms with Crippen molar-refractivity contribution in [3.63, 3.8) is 0 Å². The second kappa shape index (κ2) is 8.78. The molecule has 0 saturated carbocycles. The Labute approximate surface area is 126 Å². The van der Waals surface area contributed by atoms with Gasteiger partial charge in [-0.15, -0.1) is 0 Å². The summed E-state index contributed by atoms with van der Waals surface area (Å²) in [5.74, 6) is 0.0928. The molecule has 0 spiro atoms. The quantitative estimate of drug-likeness (QED) is 0.818. The number of amides is 1. The number of halogens is 1. The first-order valence-electron chi connectivity index (χ1n) is 7.99. The van der Waals surface area contributed by atoms with Gasteiger partial charge in [-0.1, -0.05) is 31.0 Å². The highest BCUT2D eigenvalue weighted by atomic mass is 19.1. The molecule has 0 atom stereocenters. The van der Waals surface area contributed by atoms with Gasteiger partial charge < -0.3 is 10.2 Å². The molecule has 1 aromatic carbocycles. The first kappa shape index (κ1) is 16.0. The number of nitrogens with zero attached hydrogens (tertiary/aromatic N) is 1. The highest BCUT2D eigenvalue weighted by molar-refractivity contribution is 5.76. The predicted molar refractivity (Wildman–Crippen MR) is 82.6 cm³/mol. The van der Waals surface area contributed by atoms with Crippen molar-refractivity contribution >= 4 is 5.91 Å². The van der Waals surface area contributed by atoms with Crippen LogP contribution in [0.4, 0.5) is 4.39 Å². The average molecular weight is 292 g/mol. The summed E-state index contributed by atoms with van der Waals surface area (Å²) in [5, 5.41) is 3.23. The molecule has 0 radical (unpaired) electrons. The lowest BCUT2D eigenvalue weighted by Gasteiger charge is -2.20. The fourth-order valence-corrected chi connectivity index (χ4v) is 2.72. The summed E-state index contributed by atoms with van der Waals surface area (Å²) in [6, 6.07) is 6.84. The van der Waals surface area contributed by atoms with Crippen molar-refractivity contribution < 1.29 is 9.18 Å². The zero-order valence-electron chi connectivity index (χ0n) is 12.6. The molecule has 4 heteroatoms. The van der Waals surface area contributed by atoms with Gasteiger partial charge in [0, 0.05) is 26.1 Å². The first-order valence-corrected chi connectivity index (χ1v) is 7.99. The third-order valence-electron chi connectivity index (χ3n) is 4.00. The van der Waals surface area contributed by atoms with Crippen LogP contribution in [-0.4, -0.2) is 37.0 Å². The van der Waals surface area contributed by atoms with Crippen LogP contribution < -0.4 is 5.32 Å². The van der Waals surface area contributed by atoms with Crippen molar-refractivity contribution in [1.29, 1.82) is 0 Å². The Morgan fingerprint density at radius 1 is 1.10 bits per heavy atom. The summed E-state index contributed by atoms with van der Waals surface area (Å²) >= 11 is 0. The van der Waals surface area contributed by atoms with Gasteiger partial charge in [-0.25, -0.2) is 4.39 Å². The molecule has 0 aromatic heterocycles. The second-order valence-corrected chi connectivity index (χ2v) is 5.64. The molecule has 1 N–H and O–H groups in total. The Bertz CT molecular complexity index is 442. The molecule has 21 heavy (non-hydrogen) atoms. The molecule has 1 heterocycles. The summed E-state index contributed by atoms with van der Waals surface area (Å²) in [7, 11) is 0. The van der Waals surface area contributed by atoms with Gasteiger partial charge in [-0.3, -0.25) is 4.79 Å². The van der Waals surface area contributed by atoms with E-state index in [1.165, 1.54) is 18.9 Å². The van der Waals surface area contributed by atoms with Gasteiger partial charge in [-0.2, -0.15) is 0 Å². The predicted octanol–water partition coefficient (Wildman–Crippen LogP) is 2.75. The van der Waals surface area contributed by atoms with E-state index in [0.717, 1.165) is 31.5 Å². The molecular formula is C17H25FN2O. The molecule has 2 rings (SSSR count). The fourth-order valence-electron chi connectivity index (χ4n) is 2.72. The van der Waals surface area contributed by atoms with Crippen LogP contribution in [0, 0.1) is 5.82 Å². The normalized spacial score (nSPS) is 15.8. The minimum Gasteiger partial charge on any atom is -0.343 e. The molecule has 1 aliphatic rings. The number of carbonyl (C=O) groups excluding carboxylic acids is 1. The summed E-state index contributed by atoms with van der Waals surface area (Å²) in [6.45, 7) is 3.19. The van der Waals surface area contributed by atoms with Crippen LogP contribution in [0.1, 0.15) is 37.7 Å². The SMILES string of the molecule is O=C(CCNCCc1ccccc1F)N1CCCCCC1. The molecule has 1 aliphatic heterocycles. The van der Waals surface area contributed by atoms with E-state index < -0.39 is 0 Å². The van der Waals surface area contributed by atoms with Crippen LogP contribution >= 0.6 is 0 Å². The van der Waals surface area contributed by atoms with E-state index in [1.54, 1.807) is 12.1 Å². The maximum Gasteiger partial charge on any atom is 0.223 e. The molecule has 1 fully saturated rings. The summed E-state index contributed by atoms with van der Waals surface area (Å²) in [4.78, 5) is 14.1. The smallest absolute Gasteiger partial charge is 0.223 e. The monoisotopic (exact) mass is 292 g/mol. The maximum atomic E-state index is 13.4. The Morgan fingerprint density at radius 2 is 1.81 bits per heavy atom. The van der Waals surface area contributed by atoms with Crippen LogP contribution in [0.15, 0.2) is 24.3 Å². The van der Waals surface area contributed by atoms with Gasteiger partial charge in [0.05, 0.1) is 0 Å². The van der Waals surface area contributed by atoms with Gasteiger partial charge in [0.15, 0.2) is 0 Å². The standard InChI is InChI=1S/C17H25FN2O/c18-16-8-4-3-7-15(16)9-11-19-12-10-17(21)20-13-5-1-2-6-14-20/h3-4,7-8,19H,1-2,5-6,9-14H2. The summed E-state index contributed by atoms with van der Waals surface area (Å²) in [5.41, 5.74) is 0.726. The first-order chi connectivity index (χ1) is 10.3. The largest absolute Gasteiger partial charge is 0.343 e. The van der Waals surface area contributed by atoms with Crippen molar-refractivity contribution in [2.75, 3.05) is 26.2 Å². The van der Waals surface area contributed by atoms with E-state index in [1.807, 2.05) is 11.0 Å². The Balaban J connectivity index is 1.61. The highest BCUT2D eigenvalue weighted by Gasteiger charge is 2.14. The van der Waals surface area contributed by atoms with E-state index in [9.17, 15) is 9.18 Å². The minimum atomic E-state index is -0.153. The number of hydrogen-bond donors (Lipinski definition) is 1. The van der Waals surface area contributed by atoms with E-state index in [0.29, 0.717) is 25.9 Å². The van der Waals surface area contributed by atoms with E-state index in [2.05, 4.69) is 5.32 Å². The fraction of sp³-hybridized carbons (Fsp3) is 0.588. The molecule has 0 unspecified atom stereocenters. The van der Waals surface area contributed by atoms with E-state index in [4.69, 9.17) is 0 Å². The van der Waals surface area contributed by atoms with Gasteiger partial charge in [0.25, 0.3) is 0 Å². The zero-order chi connectivity index (χ0) is 14.9. The maximum absolute atomic E-state index is 13.4. The lowest BCUT2D eigenvalue weighted by atomic mass is 10.1. The highest BCUT2D eigenvalue weighted by Crippen LogP contribution is 2.10. The number of likely N-dealkylation sites (tertiary alicyclic amines) is 1. The van der Waals surface area contributed by atoms with Crippen LogP contribution in [0.5, 0.6) is 0 Å². The number of carbonyl (C=O) groups is 1. The van der Waals surface area contributed by atoms with E-state index >= 15 is 0 Å². The average Bonchev–Trinajstić information content (AvgIpc) is 2.77. The number of rotatable bonds is 6. The molecule has 0 bridgehead atoms. The van der Waals surface area contributed by atoms with Crippen molar-refractivity contribution in [1.82, 2.24) is 10.2 Å². The molecule has 1 saturated heterocycles. The Hall–Kier alpha value is -1.42. The topological polar surface area (TPSA) is 32.3 Å². The molecule has 0 aliphatic carbocycles. The lowest BCUT2D eigenvalue weighted by Crippen LogP contribution is -2.34. The van der Waals surface area contributed by atoms with Gasteiger partial charge in [0.1, 0.15) is 5.82 Å². The molecular weight excluding hydrogens is 267 g/mol. The Morgan fingerprint density at radius 3 is 2.52 bits per heavy atom. The minimum absolute atomic E-state index is 0.153. The molecule has 1 aromatic rings. The van der Waals surface area contributed by atoms with Gasteiger partial charge in [-0.05, 0) is 37.4 Å². The molecule has 3 nitrogen and oxygen atoms in total. The van der Waals surface area contributed by atoms with Crippen LogP contribution in [0.2, 0.25) is 0 Å². The van der Waals surface area contributed by atoms with Crippen LogP contribution in [-0.2, 0) is 11.2 Å². The van der Waals surface area contributed by atoms with Crippen LogP contribution in [0.3, 0.4) is 0 Å². The Kier molecular flexibility index (Phi) is 6.67. The van der Waals surface area contributed by atoms with Crippen molar-refractivity contribution in [3.05, 3.63) is 35.6 Å². The van der Waals surface area contributed by atoms with Crippen LogP contribution in [0.25, 0.3) is 0 Å². The number of hydrogen-bond acceptors (Lipinski definition) is 2. The van der Waals surface area contributed by atoms with E-state index in [-0.39, 0.29) is 11.7 Å². The van der Waals surface area contributed by atoms with Gasteiger partial charge in [0.2, 0.25) is 5.91 Å². The summed E-state index contributed by atoms with van der Waals surface area (Å²) < 4.78 is 13.4. The lowest BCUT2D eigenvalue weighted by molar-refractivity contribution is -0.131. The summed E-state index contributed by atoms with van der Waals surface area (Å²) in [6.07, 6.45) is 5.94. The van der Waals surface area contributed by atoms with Crippen molar-refractivity contribution in [2.45, 2.75) is 38.5 Å². The molecule has 116 valence electrons. The third kappa shape index (κ3) is 5.46. The third-order valence-corrected chi connectivity index (χ3v) is 4.00. The van der Waals surface area contributed by atoms with Gasteiger partial charge >= 0.3 is 0 Å². The number of nitrogens with one attached hydrogen (secondary N) is 1.